The van der Waals surface area contributed by atoms with Crippen LogP contribution in [0.25, 0.3) is 0 Å². The fraction of sp³-hybridized carbons (Fsp3) is 0.875. The lowest BCUT2D eigenvalue weighted by Gasteiger charge is -2.42. The van der Waals surface area contributed by atoms with Crippen LogP contribution in [0, 0.1) is 11.8 Å². The van der Waals surface area contributed by atoms with Gasteiger partial charge in [0, 0.05) is 0 Å². The molecule has 0 aromatic rings. The Balaban J connectivity index is 2.33. The Kier molecular flexibility index (Phi) is 6.45. The first-order valence-corrected chi connectivity index (χ1v) is 10.0. The van der Waals surface area contributed by atoms with E-state index in [1.165, 1.54) is 14.2 Å². The van der Waals surface area contributed by atoms with Crippen LogP contribution in [0.5, 0.6) is 0 Å². The van der Waals surface area contributed by atoms with Crippen molar-refractivity contribution in [3.8, 4) is 0 Å². The maximum absolute atomic E-state index is 12.3. The van der Waals surface area contributed by atoms with Crippen LogP contribution in [-0.4, -0.2) is 50.2 Å². The van der Waals surface area contributed by atoms with Gasteiger partial charge in [-0.2, -0.15) is 8.42 Å². The minimum atomic E-state index is -4.48. The van der Waals surface area contributed by atoms with Gasteiger partial charge in [0.15, 0.2) is 4.93 Å². The molecular weight excluding hydrogens is 352 g/mol. The molecule has 0 heterocycles. The molecule has 0 aromatic heterocycles. The minimum Gasteiger partial charge on any atom is -0.469 e. The summed E-state index contributed by atoms with van der Waals surface area (Å²) in [6.45, 7) is 0. The van der Waals surface area contributed by atoms with Gasteiger partial charge < -0.3 is 14.2 Å². The van der Waals surface area contributed by atoms with E-state index >= 15 is 0 Å². The summed E-state index contributed by atoms with van der Waals surface area (Å²) in [6.07, 6.45) is 3.00. The second kappa shape index (κ2) is 8.01. The van der Waals surface area contributed by atoms with Gasteiger partial charge in [0.05, 0.1) is 32.2 Å². The Morgan fingerprint density at radius 3 is 2.08 bits per heavy atom. The lowest BCUT2D eigenvalue weighted by molar-refractivity contribution is -0.175. The molecule has 3 unspecified atom stereocenters. The minimum absolute atomic E-state index is 0.166. The molecule has 1 N–H and O–H groups in total. The van der Waals surface area contributed by atoms with Crippen molar-refractivity contribution in [3.63, 3.8) is 0 Å². The first-order chi connectivity index (χ1) is 11.8. The standard InChI is InChI=1S/C16H26O8S/c1-22-14(17)11-7-6-8-12(13(11)15(18)23-2)24-16(25(19,20)21)9-4-3-5-10-16/h11-13H,3-10H2,1-2H3,(H,19,20,21). The van der Waals surface area contributed by atoms with Crippen molar-refractivity contribution in [3.05, 3.63) is 0 Å². The normalized spacial score (nSPS) is 29.6. The number of rotatable bonds is 5. The SMILES string of the molecule is COC(=O)C1CCCC(OC2(S(=O)(=O)O)CCCCC2)C1C(=O)OC. The molecule has 0 bridgehead atoms. The number of esters is 2. The van der Waals surface area contributed by atoms with E-state index in [-0.39, 0.29) is 12.8 Å². The highest BCUT2D eigenvalue weighted by Gasteiger charge is 2.52. The van der Waals surface area contributed by atoms with E-state index in [2.05, 4.69) is 0 Å². The smallest absolute Gasteiger partial charge is 0.312 e. The first kappa shape index (κ1) is 20.1. The molecule has 8 nitrogen and oxygen atoms in total. The molecule has 0 spiro atoms. The van der Waals surface area contributed by atoms with Crippen LogP contribution in [0.3, 0.4) is 0 Å². The second-order valence-corrected chi connectivity index (χ2v) is 8.41. The molecule has 144 valence electrons. The molecule has 2 saturated carbocycles. The van der Waals surface area contributed by atoms with E-state index in [0.717, 1.165) is 6.42 Å². The third-order valence-corrected chi connectivity index (χ3v) is 6.71. The van der Waals surface area contributed by atoms with Crippen LogP contribution in [0.1, 0.15) is 51.4 Å². The number of hydrogen-bond acceptors (Lipinski definition) is 7. The highest BCUT2D eigenvalue weighted by Crippen LogP contribution is 2.42. The zero-order chi connectivity index (χ0) is 18.7. The van der Waals surface area contributed by atoms with E-state index in [0.29, 0.717) is 32.1 Å². The van der Waals surface area contributed by atoms with E-state index in [1.807, 2.05) is 0 Å². The second-order valence-electron chi connectivity index (χ2n) is 6.71. The van der Waals surface area contributed by atoms with E-state index in [9.17, 15) is 22.6 Å². The summed E-state index contributed by atoms with van der Waals surface area (Å²) in [4.78, 5) is 22.6. The maximum Gasteiger partial charge on any atom is 0.312 e. The van der Waals surface area contributed by atoms with E-state index in [1.54, 1.807) is 0 Å². The fourth-order valence-electron chi connectivity index (χ4n) is 3.96. The number of hydrogen-bond donors (Lipinski definition) is 1. The fourth-order valence-corrected chi connectivity index (χ4v) is 5.01. The van der Waals surface area contributed by atoms with Crippen LogP contribution in [0.4, 0.5) is 0 Å². The highest BCUT2D eigenvalue weighted by molar-refractivity contribution is 7.87. The van der Waals surface area contributed by atoms with Crippen LogP contribution in [-0.2, 0) is 33.9 Å². The summed E-state index contributed by atoms with van der Waals surface area (Å²) in [5.74, 6) is -2.89. The molecule has 2 aliphatic rings. The van der Waals surface area contributed by atoms with Crippen molar-refractivity contribution in [1.29, 1.82) is 0 Å². The zero-order valence-electron chi connectivity index (χ0n) is 14.6. The molecule has 25 heavy (non-hydrogen) atoms. The molecule has 2 rings (SSSR count). The maximum atomic E-state index is 12.3. The van der Waals surface area contributed by atoms with Crippen molar-refractivity contribution in [2.75, 3.05) is 14.2 Å². The molecule has 9 heteroatoms. The van der Waals surface area contributed by atoms with Gasteiger partial charge in [0.1, 0.15) is 0 Å². The molecule has 0 aromatic carbocycles. The molecule has 0 saturated heterocycles. The van der Waals surface area contributed by atoms with Crippen LogP contribution < -0.4 is 0 Å². The van der Waals surface area contributed by atoms with Gasteiger partial charge in [-0.05, 0) is 44.9 Å². The Labute approximate surface area is 147 Å². The van der Waals surface area contributed by atoms with Gasteiger partial charge in [-0.1, -0.05) is 6.42 Å². The topological polar surface area (TPSA) is 116 Å². The molecule has 0 aliphatic heterocycles. The van der Waals surface area contributed by atoms with Gasteiger partial charge in [-0.15, -0.1) is 0 Å². The summed E-state index contributed by atoms with van der Waals surface area (Å²) in [6, 6.07) is 0. The summed E-state index contributed by atoms with van der Waals surface area (Å²) in [7, 11) is -2.03. The monoisotopic (exact) mass is 378 g/mol. The van der Waals surface area contributed by atoms with E-state index < -0.39 is 44.9 Å². The predicted molar refractivity (Wildman–Crippen MR) is 87.1 cm³/mol. The van der Waals surface area contributed by atoms with E-state index in [4.69, 9.17) is 14.2 Å². The average Bonchev–Trinajstić information content (AvgIpc) is 2.60. The Hall–Kier alpha value is -1.19. The predicted octanol–water partition coefficient (Wildman–Crippen LogP) is 1.68. The molecular formula is C16H26O8S. The quantitative estimate of drug-likeness (QED) is 0.567. The van der Waals surface area contributed by atoms with Gasteiger partial charge in [0.2, 0.25) is 0 Å². The first-order valence-electron chi connectivity index (χ1n) is 8.56. The van der Waals surface area contributed by atoms with Crippen molar-refractivity contribution >= 4 is 22.1 Å². The number of carbonyl (C=O) groups is 2. The summed E-state index contributed by atoms with van der Waals surface area (Å²) >= 11 is 0. The molecule has 3 atom stereocenters. The third-order valence-electron chi connectivity index (χ3n) is 5.27. The lowest BCUT2D eigenvalue weighted by atomic mass is 9.77. The van der Waals surface area contributed by atoms with Crippen molar-refractivity contribution in [2.45, 2.75) is 62.4 Å². The highest BCUT2D eigenvalue weighted by atomic mass is 32.2. The average molecular weight is 378 g/mol. The van der Waals surface area contributed by atoms with Crippen molar-refractivity contribution in [1.82, 2.24) is 0 Å². The van der Waals surface area contributed by atoms with Crippen LogP contribution in [0.2, 0.25) is 0 Å². The van der Waals surface area contributed by atoms with Crippen molar-refractivity contribution < 1.29 is 36.8 Å². The van der Waals surface area contributed by atoms with Gasteiger partial charge in [-0.25, -0.2) is 0 Å². The Morgan fingerprint density at radius 1 is 0.960 bits per heavy atom. The van der Waals surface area contributed by atoms with Gasteiger partial charge in [-0.3, -0.25) is 14.1 Å². The zero-order valence-corrected chi connectivity index (χ0v) is 15.4. The van der Waals surface area contributed by atoms with Crippen LogP contribution >= 0.6 is 0 Å². The largest absolute Gasteiger partial charge is 0.469 e. The lowest BCUT2D eigenvalue weighted by Crippen LogP contribution is -2.51. The summed E-state index contributed by atoms with van der Waals surface area (Å²) < 4.78 is 49.3. The molecule has 2 aliphatic carbocycles. The number of carbonyl (C=O) groups excluding carboxylic acids is 2. The third kappa shape index (κ3) is 4.15. The number of ether oxygens (including phenoxy) is 3. The van der Waals surface area contributed by atoms with Gasteiger partial charge in [0.25, 0.3) is 10.1 Å². The number of methoxy groups -OCH3 is 2. The van der Waals surface area contributed by atoms with Crippen LogP contribution in [0.15, 0.2) is 0 Å². The summed E-state index contributed by atoms with van der Waals surface area (Å²) in [5, 5.41) is 0. The molecule has 0 radical (unpaired) electrons. The Bertz CT molecular complexity index is 593. The summed E-state index contributed by atoms with van der Waals surface area (Å²) in [5.41, 5.74) is 0. The molecule has 0 amide bonds. The Morgan fingerprint density at radius 2 is 1.56 bits per heavy atom. The van der Waals surface area contributed by atoms with Gasteiger partial charge >= 0.3 is 11.9 Å². The van der Waals surface area contributed by atoms with Crippen molar-refractivity contribution in [2.24, 2.45) is 11.8 Å². The molecule has 2 fully saturated rings.